The number of hydrogen-bond acceptors (Lipinski definition) is 2. The normalized spacial score (nSPS) is 20.2. The third kappa shape index (κ3) is 5.12. The quantitative estimate of drug-likeness (QED) is 0.840. The molecule has 1 aliphatic heterocycles. The molecule has 0 bridgehead atoms. The van der Waals surface area contributed by atoms with Crippen LogP contribution < -0.4 is 10.2 Å². The van der Waals surface area contributed by atoms with E-state index in [9.17, 15) is 4.39 Å². The lowest BCUT2D eigenvalue weighted by atomic mass is 9.91. The van der Waals surface area contributed by atoms with Gasteiger partial charge in [-0.3, -0.25) is 0 Å². The molecule has 1 heterocycles. The molecular formula is C17H27FN2. The summed E-state index contributed by atoms with van der Waals surface area (Å²) >= 11 is 0. The summed E-state index contributed by atoms with van der Waals surface area (Å²) in [5.41, 5.74) is 1.11. The Bertz CT molecular complexity index is 365. The standard InChI is InChI=1S/C10H13FN2.C7H14/c11-9-1-3-10(4-2-9)13-7-5-12-6-8-13;1-7-5-3-2-4-6-7/h1-4,12H,5-8H2;7H,2-6H2,1H3. The van der Waals surface area contributed by atoms with E-state index < -0.39 is 0 Å². The molecule has 2 nitrogen and oxygen atoms in total. The van der Waals surface area contributed by atoms with E-state index in [4.69, 9.17) is 0 Å². The van der Waals surface area contributed by atoms with Gasteiger partial charge in [0.15, 0.2) is 0 Å². The summed E-state index contributed by atoms with van der Waals surface area (Å²) in [6, 6.07) is 6.69. The third-order valence-corrected chi connectivity index (χ3v) is 4.20. The minimum atomic E-state index is -0.168. The largest absolute Gasteiger partial charge is 0.369 e. The van der Waals surface area contributed by atoms with Crippen molar-refractivity contribution in [2.45, 2.75) is 39.0 Å². The number of nitrogens with one attached hydrogen (secondary N) is 1. The van der Waals surface area contributed by atoms with Crippen LogP contribution in [0.2, 0.25) is 0 Å². The number of piperazine rings is 1. The molecule has 2 aliphatic rings. The second-order valence-corrected chi connectivity index (χ2v) is 5.96. The van der Waals surface area contributed by atoms with Crippen molar-refractivity contribution in [2.75, 3.05) is 31.1 Å². The maximum absolute atomic E-state index is 12.6. The molecule has 1 saturated heterocycles. The molecule has 1 aromatic carbocycles. The summed E-state index contributed by atoms with van der Waals surface area (Å²) in [6.07, 6.45) is 7.44. The minimum absolute atomic E-state index is 0.168. The molecule has 0 spiro atoms. The van der Waals surface area contributed by atoms with Gasteiger partial charge in [0.1, 0.15) is 5.82 Å². The Labute approximate surface area is 122 Å². The lowest BCUT2D eigenvalue weighted by Crippen LogP contribution is -2.43. The maximum atomic E-state index is 12.6. The molecule has 0 atom stereocenters. The summed E-state index contributed by atoms with van der Waals surface area (Å²) in [5, 5.41) is 3.28. The summed E-state index contributed by atoms with van der Waals surface area (Å²) in [5.74, 6) is 0.868. The zero-order chi connectivity index (χ0) is 14.2. The van der Waals surface area contributed by atoms with Crippen LogP contribution in [0.15, 0.2) is 24.3 Å². The summed E-state index contributed by atoms with van der Waals surface area (Å²) in [6.45, 7) is 6.39. The van der Waals surface area contributed by atoms with Crippen molar-refractivity contribution < 1.29 is 4.39 Å². The Balaban J connectivity index is 0.000000178. The molecule has 0 aromatic heterocycles. The highest BCUT2D eigenvalue weighted by molar-refractivity contribution is 5.46. The molecule has 112 valence electrons. The van der Waals surface area contributed by atoms with Crippen LogP contribution in [-0.2, 0) is 0 Å². The molecule has 3 rings (SSSR count). The Morgan fingerprint density at radius 3 is 2.10 bits per heavy atom. The van der Waals surface area contributed by atoms with Gasteiger partial charge < -0.3 is 10.2 Å². The first kappa shape index (κ1) is 15.3. The second kappa shape index (κ2) is 8.25. The molecule has 0 radical (unpaired) electrons. The zero-order valence-electron chi connectivity index (χ0n) is 12.6. The smallest absolute Gasteiger partial charge is 0.123 e. The molecule has 0 amide bonds. The fraction of sp³-hybridized carbons (Fsp3) is 0.647. The minimum Gasteiger partial charge on any atom is -0.369 e. The van der Waals surface area contributed by atoms with Crippen LogP contribution in [0.5, 0.6) is 0 Å². The highest BCUT2D eigenvalue weighted by atomic mass is 19.1. The van der Waals surface area contributed by atoms with E-state index in [1.54, 1.807) is 0 Å². The van der Waals surface area contributed by atoms with Crippen LogP contribution in [0.25, 0.3) is 0 Å². The van der Waals surface area contributed by atoms with Gasteiger partial charge in [0.25, 0.3) is 0 Å². The van der Waals surface area contributed by atoms with Crippen LogP contribution in [-0.4, -0.2) is 26.2 Å². The van der Waals surface area contributed by atoms with Gasteiger partial charge in [-0.05, 0) is 30.2 Å². The Morgan fingerprint density at radius 2 is 1.60 bits per heavy atom. The van der Waals surface area contributed by atoms with E-state index in [-0.39, 0.29) is 5.82 Å². The van der Waals surface area contributed by atoms with E-state index in [1.165, 1.54) is 44.2 Å². The topological polar surface area (TPSA) is 15.3 Å². The van der Waals surface area contributed by atoms with Crippen LogP contribution in [0.4, 0.5) is 10.1 Å². The second-order valence-electron chi connectivity index (χ2n) is 5.96. The molecule has 2 fully saturated rings. The molecule has 1 N–H and O–H groups in total. The van der Waals surface area contributed by atoms with Gasteiger partial charge in [-0.15, -0.1) is 0 Å². The fourth-order valence-electron chi connectivity index (χ4n) is 2.88. The van der Waals surface area contributed by atoms with Crippen molar-refractivity contribution in [1.82, 2.24) is 5.32 Å². The van der Waals surface area contributed by atoms with Crippen LogP contribution in [0.1, 0.15) is 39.0 Å². The van der Waals surface area contributed by atoms with Crippen LogP contribution in [0.3, 0.4) is 0 Å². The van der Waals surface area contributed by atoms with Crippen molar-refractivity contribution >= 4 is 5.69 Å². The van der Waals surface area contributed by atoms with E-state index >= 15 is 0 Å². The SMILES string of the molecule is CC1CCCCC1.Fc1ccc(N2CCNCC2)cc1. The van der Waals surface area contributed by atoms with Gasteiger partial charge >= 0.3 is 0 Å². The van der Waals surface area contributed by atoms with Gasteiger partial charge in [-0.2, -0.15) is 0 Å². The summed E-state index contributed by atoms with van der Waals surface area (Å²) < 4.78 is 12.6. The van der Waals surface area contributed by atoms with Crippen molar-refractivity contribution in [3.63, 3.8) is 0 Å². The van der Waals surface area contributed by atoms with E-state index in [1.807, 2.05) is 12.1 Å². The number of benzene rings is 1. The predicted octanol–water partition coefficient (Wildman–Crippen LogP) is 3.82. The number of rotatable bonds is 1. The summed E-state index contributed by atoms with van der Waals surface area (Å²) in [7, 11) is 0. The lowest BCUT2D eigenvalue weighted by Gasteiger charge is -2.29. The average molecular weight is 278 g/mol. The van der Waals surface area contributed by atoms with E-state index in [0.717, 1.165) is 37.8 Å². The molecule has 20 heavy (non-hydrogen) atoms. The van der Waals surface area contributed by atoms with Gasteiger partial charge in [0.2, 0.25) is 0 Å². The third-order valence-electron chi connectivity index (χ3n) is 4.20. The Morgan fingerprint density at radius 1 is 1.00 bits per heavy atom. The number of anilines is 1. The van der Waals surface area contributed by atoms with Crippen LogP contribution in [0, 0.1) is 11.7 Å². The Kier molecular flexibility index (Phi) is 6.31. The number of halogens is 1. The van der Waals surface area contributed by atoms with Gasteiger partial charge in [-0.1, -0.05) is 39.0 Å². The molecule has 1 aliphatic carbocycles. The fourth-order valence-corrected chi connectivity index (χ4v) is 2.88. The molecule has 0 unspecified atom stereocenters. The van der Waals surface area contributed by atoms with Gasteiger partial charge in [-0.25, -0.2) is 4.39 Å². The Hall–Kier alpha value is -1.09. The first-order valence-electron chi connectivity index (χ1n) is 7.97. The first-order chi connectivity index (χ1) is 9.75. The molecule has 1 saturated carbocycles. The van der Waals surface area contributed by atoms with E-state index in [2.05, 4.69) is 17.1 Å². The highest BCUT2D eigenvalue weighted by Crippen LogP contribution is 2.22. The molecule has 3 heteroatoms. The van der Waals surface area contributed by atoms with Gasteiger partial charge in [0.05, 0.1) is 0 Å². The average Bonchev–Trinajstić information content (AvgIpc) is 2.50. The zero-order valence-corrected chi connectivity index (χ0v) is 12.6. The van der Waals surface area contributed by atoms with E-state index in [0.29, 0.717) is 0 Å². The maximum Gasteiger partial charge on any atom is 0.123 e. The number of hydrogen-bond donors (Lipinski definition) is 1. The van der Waals surface area contributed by atoms with Crippen molar-refractivity contribution in [3.8, 4) is 0 Å². The molecular weight excluding hydrogens is 251 g/mol. The predicted molar refractivity (Wildman–Crippen MR) is 83.7 cm³/mol. The first-order valence-corrected chi connectivity index (χ1v) is 7.97. The molecule has 1 aromatic rings. The van der Waals surface area contributed by atoms with Crippen LogP contribution >= 0.6 is 0 Å². The summed E-state index contributed by atoms with van der Waals surface area (Å²) in [4.78, 5) is 2.26. The number of nitrogens with zero attached hydrogens (tertiary/aromatic N) is 1. The lowest BCUT2D eigenvalue weighted by molar-refractivity contribution is 0.385. The monoisotopic (exact) mass is 278 g/mol. The highest BCUT2D eigenvalue weighted by Gasteiger charge is 2.09. The van der Waals surface area contributed by atoms with Crippen molar-refractivity contribution in [2.24, 2.45) is 5.92 Å². The van der Waals surface area contributed by atoms with Crippen molar-refractivity contribution in [3.05, 3.63) is 30.1 Å². The van der Waals surface area contributed by atoms with Crippen molar-refractivity contribution in [1.29, 1.82) is 0 Å². The van der Waals surface area contributed by atoms with Gasteiger partial charge in [0, 0.05) is 31.9 Å².